The van der Waals surface area contributed by atoms with Gasteiger partial charge in [-0.05, 0) is 12.5 Å². The van der Waals surface area contributed by atoms with Crippen LogP contribution in [-0.2, 0) is 4.74 Å². The normalized spacial score (nSPS) is 29.7. The SMILES string of the molecule is NCC1CN(C2COC2)C1. The lowest BCUT2D eigenvalue weighted by molar-refractivity contribution is -0.0998. The Morgan fingerprint density at radius 2 is 2.10 bits per heavy atom. The molecule has 2 aliphatic heterocycles. The van der Waals surface area contributed by atoms with Gasteiger partial charge in [-0.2, -0.15) is 0 Å². The van der Waals surface area contributed by atoms with Crippen molar-refractivity contribution in [3.8, 4) is 0 Å². The van der Waals surface area contributed by atoms with E-state index in [9.17, 15) is 0 Å². The predicted molar refractivity (Wildman–Crippen MR) is 38.7 cm³/mol. The van der Waals surface area contributed by atoms with Gasteiger partial charge in [-0.25, -0.2) is 0 Å². The van der Waals surface area contributed by atoms with Gasteiger partial charge in [0.2, 0.25) is 0 Å². The summed E-state index contributed by atoms with van der Waals surface area (Å²) in [7, 11) is 0. The van der Waals surface area contributed by atoms with Gasteiger partial charge in [0.15, 0.2) is 0 Å². The van der Waals surface area contributed by atoms with E-state index in [1.54, 1.807) is 0 Å². The third-order valence-corrected chi connectivity index (χ3v) is 2.46. The van der Waals surface area contributed by atoms with Gasteiger partial charge in [0.25, 0.3) is 0 Å². The quantitative estimate of drug-likeness (QED) is 0.553. The van der Waals surface area contributed by atoms with E-state index in [1.807, 2.05) is 0 Å². The van der Waals surface area contributed by atoms with Crippen LogP contribution in [0.1, 0.15) is 0 Å². The predicted octanol–water partition coefficient (Wildman–Crippen LogP) is -0.724. The largest absolute Gasteiger partial charge is 0.378 e. The molecule has 2 aliphatic rings. The van der Waals surface area contributed by atoms with Gasteiger partial charge in [0.1, 0.15) is 0 Å². The van der Waals surface area contributed by atoms with E-state index in [-0.39, 0.29) is 0 Å². The standard InChI is InChI=1S/C7H14N2O/c8-1-6-2-9(3-6)7-4-10-5-7/h6-7H,1-5,8H2. The number of nitrogens with two attached hydrogens (primary N) is 1. The van der Waals surface area contributed by atoms with Crippen LogP contribution in [0.25, 0.3) is 0 Å². The summed E-state index contributed by atoms with van der Waals surface area (Å²) in [6.07, 6.45) is 0. The van der Waals surface area contributed by atoms with Crippen LogP contribution < -0.4 is 5.73 Å². The van der Waals surface area contributed by atoms with Crippen LogP contribution in [0.3, 0.4) is 0 Å². The first-order chi connectivity index (χ1) is 4.90. The zero-order chi connectivity index (χ0) is 6.97. The van der Waals surface area contributed by atoms with Gasteiger partial charge in [0, 0.05) is 13.1 Å². The highest BCUT2D eigenvalue weighted by atomic mass is 16.5. The van der Waals surface area contributed by atoms with Gasteiger partial charge in [0.05, 0.1) is 19.3 Å². The highest BCUT2D eigenvalue weighted by Crippen LogP contribution is 2.21. The molecule has 0 aromatic rings. The zero-order valence-corrected chi connectivity index (χ0v) is 6.12. The van der Waals surface area contributed by atoms with Crippen LogP contribution in [-0.4, -0.2) is 43.8 Å². The summed E-state index contributed by atoms with van der Waals surface area (Å²) in [5, 5.41) is 0. The molecular weight excluding hydrogens is 128 g/mol. The molecule has 0 amide bonds. The molecule has 2 heterocycles. The third-order valence-electron chi connectivity index (χ3n) is 2.46. The summed E-state index contributed by atoms with van der Waals surface area (Å²) in [6, 6.07) is 0.725. The first-order valence-corrected chi connectivity index (χ1v) is 3.92. The highest BCUT2D eigenvalue weighted by molar-refractivity contribution is 4.88. The Kier molecular flexibility index (Phi) is 1.64. The van der Waals surface area contributed by atoms with E-state index >= 15 is 0 Å². The third kappa shape index (κ3) is 0.944. The molecule has 0 radical (unpaired) electrons. The van der Waals surface area contributed by atoms with Crippen molar-refractivity contribution in [3.05, 3.63) is 0 Å². The van der Waals surface area contributed by atoms with Gasteiger partial charge in [-0.15, -0.1) is 0 Å². The van der Waals surface area contributed by atoms with Crippen LogP contribution in [0.5, 0.6) is 0 Å². The van der Waals surface area contributed by atoms with Gasteiger partial charge in [-0.3, -0.25) is 4.90 Å². The molecule has 0 bridgehead atoms. The van der Waals surface area contributed by atoms with Crippen molar-refractivity contribution in [1.82, 2.24) is 4.90 Å². The molecule has 2 fully saturated rings. The fourth-order valence-corrected chi connectivity index (χ4v) is 1.49. The smallest absolute Gasteiger partial charge is 0.0645 e. The van der Waals surface area contributed by atoms with Crippen molar-refractivity contribution in [2.75, 3.05) is 32.8 Å². The molecule has 2 rings (SSSR count). The molecule has 0 unspecified atom stereocenters. The van der Waals surface area contributed by atoms with Gasteiger partial charge < -0.3 is 10.5 Å². The Balaban J connectivity index is 1.69. The minimum absolute atomic E-state index is 0.725. The molecule has 0 aromatic carbocycles. The number of likely N-dealkylation sites (tertiary alicyclic amines) is 1. The highest BCUT2D eigenvalue weighted by Gasteiger charge is 2.34. The second kappa shape index (κ2) is 2.49. The van der Waals surface area contributed by atoms with Crippen LogP contribution in [0, 0.1) is 5.92 Å². The van der Waals surface area contributed by atoms with E-state index in [0.717, 1.165) is 31.7 Å². The molecule has 0 aromatic heterocycles. The Hall–Kier alpha value is -0.120. The van der Waals surface area contributed by atoms with Gasteiger partial charge >= 0.3 is 0 Å². The number of ether oxygens (including phenoxy) is 1. The van der Waals surface area contributed by atoms with Gasteiger partial charge in [-0.1, -0.05) is 0 Å². The second-order valence-corrected chi connectivity index (χ2v) is 3.25. The molecule has 10 heavy (non-hydrogen) atoms. The minimum atomic E-state index is 0.725. The lowest BCUT2D eigenvalue weighted by Gasteiger charge is -2.47. The van der Waals surface area contributed by atoms with Crippen molar-refractivity contribution < 1.29 is 4.74 Å². The first-order valence-electron chi connectivity index (χ1n) is 3.92. The summed E-state index contributed by atoms with van der Waals surface area (Å²) >= 11 is 0. The van der Waals surface area contributed by atoms with Crippen LogP contribution >= 0.6 is 0 Å². The fraction of sp³-hybridized carbons (Fsp3) is 1.00. The van der Waals surface area contributed by atoms with E-state index in [2.05, 4.69) is 4.90 Å². The van der Waals surface area contributed by atoms with Crippen molar-refractivity contribution >= 4 is 0 Å². The minimum Gasteiger partial charge on any atom is -0.378 e. The molecule has 3 nitrogen and oxygen atoms in total. The van der Waals surface area contributed by atoms with Crippen molar-refractivity contribution in [2.24, 2.45) is 11.7 Å². The number of rotatable bonds is 2. The Labute approximate surface area is 61.1 Å². The van der Waals surface area contributed by atoms with E-state index < -0.39 is 0 Å². The lowest BCUT2D eigenvalue weighted by atomic mass is 9.97. The summed E-state index contributed by atoms with van der Waals surface area (Å²) in [6.45, 7) is 5.13. The molecular formula is C7H14N2O. The van der Waals surface area contributed by atoms with Crippen molar-refractivity contribution in [2.45, 2.75) is 6.04 Å². The van der Waals surface area contributed by atoms with Crippen LogP contribution in [0.15, 0.2) is 0 Å². The number of hydrogen-bond acceptors (Lipinski definition) is 3. The summed E-state index contributed by atoms with van der Waals surface area (Å²) in [5.41, 5.74) is 5.50. The molecule has 0 atom stereocenters. The topological polar surface area (TPSA) is 38.5 Å². The summed E-state index contributed by atoms with van der Waals surface area (Å²) in [4.78, 5) is 2.46. The fourth-order valence-electron chi connectivity index (χ4n) is 1.49. The molecule has 0 saturated carbocycles. The average Bonchev–Trinajstić information content (AvgIpc) is 1.72. The van der Waals surface area contributed by atoms with E-state index in [1.165, 1.54) is 13.1 Å². The maximum absolute atomic E-state index is 5.50. The van der Waals surface area contributed by atoms with Crippen molar-refractivity contribution in [3.63, 3.8) is 0 Å². The molecule has 2 N–H and O–H groups in total. The molecule has 3 heteroatoms. The molecule has 0 spiro atoms. The molecule has 2 saturated heterocycles. The maximum atomic E-state index is 5.50. The van der Waals surface area contributed by atoms with Crippen LogP contribution in [0.4, 0.5) is 0 Å². The first kappa shape index (κ1) is 6.58. The second-order valence-electron chi connectivity index (χ2n) is 3.25. The summed E-state index contributed by atoms with van der Waals surface area (Å²) in [5.74, 6) is 0.764. The average molecular weight is 142 g/mol. The molecule has 58 valence electrons. The Bertz CT molecular complexity index is 119. The maximum Gasteiger partial charge on any atom is 0.0645 e. The van der Waals surface area contributed by atoms with Crippen molar-refractivity contribution in [1.29, 1.82) is 0 Å². The van der Waals surface area contributed by atoms with E-state index in [4.69, 9.17) is 10.5 Å². The lowest BCUT2D eigenvalue weighted by Crippen LogP contribution is -2.60. The summed E-state index contributed by atoms with van der Waals surface area (Å²) < 4.78 is 5.09. The Morgan fingerprint density at radius 1 is 1.40 bits per heavy atom. The zero-order valence-electron chi connectivity index (χ0n) is 6.12. The molecule has 0 aliphatic carbocycles. The number of hydrogen-bond donors (Lipinski definition) is 1. The van der Waals surface area contributed by atoms with E-state index in [0.29, 0.717) is 0 Å². The Morgan fingerprint density at radius 3 is 2.50 bits per heavy atom. The van der Waals surface area contributed by atoms with Crippen LogP contribution in [0.2, 0.25) is 0 Å². The monoisotopic (exact) mass is 142 g/mol. The number of nitrogens with zero attached hydrogens (tertiary/aromatic N) is 1.